The highest BCUT2D eigenvalue weighted by molar-refractivity contribution is 9.10. The van der Waals surface area contributed by atoms with Crippen LogP contribution in [0.2, 0.25) is 10.2 Å². The Balaban J connectivity index is 2.83. The third-order valence-corrected chi connectivity index (χ3v) is 3.84. The van der Waals surface area contributed by atoms with E-state index in [1.807, 2.05) is 0 Å². The molecule has 0 saturated carbocycles. The van der Waals surface area contributed by atoms with Crippen molar-refractivity contribution in [3.05, 3.63) is 59.2 Å². The molecule has 2 rings (SSSR count). The Labute approximate surface area is 127 Å². The van der Waals surface area contributed by atoms with Gasteiger partial charge in [-0.3, -0.25) is 9.78 Å². The van der Waals surface area contributed by atoms with Gasteiger partial charge in [-0.15, -0.1) is 0 Å². The molecule has 1 heterocycles. The van der Waals surface area contributed by atoms with Crippen molar-refractivity contribution in [2.24, 2.45) is 0 Å². The molecule has 0 unspecified atom stereocenters. The highest BCUT2D eigenvalue weighted by Gasteiger charge is 2.14. The van der Waals surface area contributed by atoms with Crippen LogP contribution in [0.1, 0.15) is 12.5 Å². The number of rotatable bonds is 2. The topological polar surface area (TPSA) is 54.9 Å². The number of halogens is 3. The van der Waals surface area contributed by atoms with Gasteiger partial charge in [-0.25, -0.2) is 9.36 Å². The minimum Gasteiger partial charge on any atom is -0.297 e. The predicted octanol–water partition coefficient (Wildman–Crippen LogP) is 3.16. The lowest BCUT2D eigenvalue weighted by molar-refractivity contribution is 0.839. The van der Waals surface area contributed by atoms with E-state index >= 15 is 0 Å². The van der Waals surface area contributed by atoms with Gasteiger partial charge in [0.15, 0.2) is 0 Å². The normalized spacial score (nSPS) is 10.7. The highest BCUT2D eigenvalue weighted by Crippen LogP contribution is 2.23. The number of aromatic amines is 1. The first-order chi connectivity index (χ1) is 8.95. The molecule has 0 fully saturated rings. The van der Waals surface area contributed by atoms with Crippen molar-refractivity contribution in [1.82, 2.24) is 9.55 Å². The summed E-state index contributed by atoms with van der Waals surface area (Å²) < 4.78 is 1.59. The quantitative estimate of drug-likeness (QED) is 0.833. The maximum absolute atomic E-state index is 12.3. The molecule has 2 aromatic rings. The van der Waals surface area contributed by atoms with Gasteiger partial charge < -0.3 is 0 Å². The van der Waals surface area contributed by atoms with Crippen LogP contribution < -0.4 is 11.2 Å². The number of nitrogens with zero attached hydrogens (tertiary/aromatic N) is 1. The summed E-state index contributed by atoms with van der Waals surface area (Å²) in [5, 5.41) is 0.587. The van der Waals surface area contributed by atoms with E-state index in [0.29, 0.717) is 27.2 Å². The maximum atomic E-state index is 12.3. The Morgan fingerprint density at radius 2 is 2.00 bits per heavy atom. The summed E-state index contributed by atoms with van der Waals surface area (Å²) in [5.41, 5.74) is -0.236. The van der Waals surface area contributed by atoms with Crippen LogP contribution >= 0.6 is 39.1 Å². The van der Waals surface area contributed by atoms with Crippen molar-refractivity contribution in [2.45, 2.75) is 13.3 Å². The lowest BCUT2D eigenvalue weighted by Gasteiger charge is -2.09. The number of H-pyrrole nitrogens is 1. The number of hydrogen-bond acceptors (Lipinski definition) is 2. The molecular formula is C12H9BrCl2N2O2. The summed E-state index contributed by atoms with van der Waals surface area (Å²) in [5.74, 6) is 0. The van der Waals surface area contributed by atoms with Gasteiger partial charge in [0.1, 0.15) is 5.15 Å². The van der Waals surface area contributed by atoms with Crippen LogP contribution in [0.3, 0.4) is 0 Å². The van der Waals surface area contributed by atoms with Crippen molar-refractivity contribution in [1.29, 1.82) is 0 Å². The SMILES string of the molecule is CCc1c(Cl)[nH]c(=O)n(-c2ccc(Cl)cc2Br)c1=O. The Hall–Kier alpha value is -1.04. The second-order valence-corrected chi connectivity index (χ2v) is 5.48. The molecule has 7 heteroatoms. The number of benzene rings is 1. The summed E-state index contributed by atoms with van der Waals surface area (Å²) in [6.07, 6.45) is 0.430. The van der Waals surface area contributed by atoms with Gasteiger partial charge in [-0.2, -0.15) is 0 Å². The molecule has 0 saturated heterocycles. The second kappa shape index (κ2) is 5.53. The summed E-state index contributed by atoms with van der Waals surface area (Å²) in [7, 11) is 0. The Morgan fingerprint density at radius 1 is 1.32 bits per heavy atom. The van der Waals surface area contributed by atoms with Gasteiger partial charge in [-0.1, -0.05) is 30.1 Å². The minimum absolute atomic E-state index is 0.0823. The van der Waals surface area contributed by atoms with E-state index in [4.69, 9.17) is 23.2 Å². The van der Waals surface area contributed by atoms with Crippen molar-refractivity contribution in [3.63, 3.8) is 0 Å². The molecule has 1 N–H and O–H groups in total. The molecule has 0 atom stereocenters. The summed E-state index contributed by atoms with van der Waals surface area (Å²) in [6.45, 7) is 1.79. The molecule has 0 amide bonds. The zero-order valence-corrected chi connectivity index (χ0v) is 12.9. The van der Waals surface area contributed by atoms with E-state index in [1.165, 1.54) is 0 Å². The Bertz CT molecular complexity index is 752. The minimum atomic E-state index is -0.588. The average molecular weight is 364 g/mol. The first kappa shape index (κ1) is 14.4. The summed E-state index contributed by atoms with van der Waals surface area (Å²) in [6, 6.07) is 4.81. The zero-order chi connectivity index (χ0) is 14.2. The van der Waals surface area contributed by atoms with Gasteiger partial charge in [0.05, 0.1) is 11.3 Å². The fraction of sp³-hybridized carbons (Fsp3) is 0.167. The van der Waals surface area contributed by atoms with Crippen LogP contribution in [0.5, 0.6) is 0 Å². The average Bonchev–Trinajstić information content (AvgIpc) is 2.31. The van der Waals surface area contributed by atoms with Crippen molar-refractivity contribution in [2.75, 3.05) is 0 Å². The van der Waals surface area contributed by atoms with E-state index in [2.05, 4.69) is 20.9 Å². The smallest absolute Gasteiger partial charge is 0.297 e. The second-order valence-electron chi connectivity index (χ2n) is 3.81. The summed E-state index contributed by atoms with van der Waals surface area (Å²) in [4.78, 5) is 26.7. The Kier molecular flexibility index (Phi) is 4.18. The molecule has 100 valence electrons. The van der Waals surface area contributed by atoms with Crippen LogP contribution in [-0.2, 0) is 6.42 Å². The molecule has 4 nitrogen and oxygen atoms in total. The van der Waals surface area contributed by atoms with E-state index in [-0.39, 0.29) is 5.15 Å². The van der Waals surface area contributed by atoms with Gasteiger partial charge in [0.25, 0.3) is 5.56 Å². The monoisotopic (exact) mass is 362 g/mol. The molecule has 19 heavy (non-hydrogen) atoms. The highest BCUT2D eigenvalue weighted by atomic mass is 79.9. The van der Waals surface area contributed by atoms with Gasteiger partial charge in [0.2, 0.25) is 0 Å². The van der Waals surface area contributed by atoms with Crippen LogP contribution in [-0.4, -0.2) is 9.55 Å². The number of hydrogen-bond donors (Lipinski definition) is 1. The molecular weight excluding hydrogens is 355 g/mol. The van der Waals surface area contributed by atoms with E-state index in [9.17, 15) is 9.59 Å². The molecule has 0 aliphatic carbocycles. The molecule has 0 spiro atoms. The maximum Gasteiger partial charge on any atom is 0.334 e. The molecule has 1 aromatic carbocycles. The van der Waals surface area contributed by atoms with Crippen LogP contribution in [0.15, 0.2) is 32.3 Å². The summed E-state index contributed by atoms with van der Waals surface area (Å²) >= 11 is 15.0. The molecule has 0 radical (unpaired) electrons. The first-order valence-electron chi connectivity index (χ1n) is 5.44. The lowest BCUT2D eigenvalue weighted by atomic mass is 10.2. The van der Waals surface area contributed by atoms with E-state index in [1.54, 1.807) is 25.1 Å². The molecule has 0 bridgehead atoms. The van der Waals surface area contributed by atoms with Crippen molar-refractivity contribution >= 4 is 39.1 Å². The molecule has 0 aliphatic heterocycles. The van der Waals surface area contributed by atoms with Crippen molar-refractivity contribution in [3.8, 4) is 5.69 Å². The third kappa shape index (κ3) is 2.63. The first-order valence-corrected chi connectivity index (χ1v) is 6.99. The Morgan fingerprint density at radius 3 is 2.58 bits per heavy atom. The van der Waals surface area contributed by atoms with Crippen molar-refractivity contribution < 1.29 is 0 Å². The fourth-order valence-corrected chi connectivity index (χ4v) is 2.89. The predicted molar refractivity (Wildman–Crippen MR) is 79.8 cm³/mol. The number of aromatic nitrogens is 2. The molecule has 0 aliphatic rings. The van der Waals surface area contributed by atoms with Gasteiger partial charge >= 0.3 is 5.69 Å². The van der Waals surface area contributed by atoms with Gasteiger partial charge in [-0.05, 0) is 40.5 Å². The van der Waals surface area contributed by atoms with Gasteiger partial charge in [0, 0.05) is 9.50 Å². The van der Waals surface area contributed by atoms with Crippen LogP contribution in [0.4, 0.5) is 0 Å². The fourth-order valence-electron chi connectivity index (χ4n) is 1.73. The van der Waals surface area contributed by atoms with E-state index < -0.39 is 11.2 Å². The largest absolute Gasteiger partial charge is 0.334 e. The number of nitrogens with one attached hydrogen (secondary N) is 1. The van der Waals surface area contributed by atoms with Crippen LogP contribution in [0.25, 0.3) is 5.69 Å². The van der Waals surface area contributed by atoms with E-state index in [0.717, 1.165) is 4.57 Å². The zero-order valence-electron chi connectivity index (χ0n) is 9.84. The standard InChI is InChI=1S/C12H9BrCl2N2O2/c1-2-7-10(15)16-12(19)17(11(7)18)9-4-3-6(14)5-8(9)13/h3-5H,2H2,1H3,(H,16,19). The lowest BCUT2D eigenvalue weighted by Crippen LogP contribution is -2.36. The molecule has 1 aromatic heterocycles. The third-order valence-electron chi connectivity index (χ3n) is 2.65. The van der Waals surface area contributed by atoms with Crippen LogP contribution in [0, 0.1) is 0 Å².